The van der Waals surface area contributed by atoms with Crippen molar-refractivity contribution in [2.75, 3.05) is 40.5 Å². The number of hydrogen-bond acceptors (Lipinski definition) is 8. The molecule has 0 radical (unpaired) electrons. The van der Waals surface area contributed by atoms with Crippen molar-refractivity contribution < 1.29 is 28.5 Å². The number of pyridine rings is 1. The van der Waals surface area contributed by atoms with Crippen molar-refractivity contribution in [1.29, 1.82) is 0 Å². The summed E-state index contributed by atoms with van der Waals surface area (Å²) in [6.07, 6.45) is -0.177. The number of nitrogens with zero attached hydrogens (tertiary/aromatic N) is 2. The van der Waals surface area contributed by atoms with Crippen LogP contribution in [0.2, 0.25) is 0 Å². The largest absolute Gasteiger partial charge is 0.502 e. The van der Waals surface area contributed by atoms with Crippen LogP contribution in [0.15, 0.2) is 44.3 Å². The Hall–Kier alpha value is -3.63. The number of fused-ring (bicyclic) bond motifs is 1. The lowest BCUT2D eigenvalue weighted by Crippen LogP contribution is -2.41. The van der Waals surface area contributed by atoms with Crippen LogP contribution < -0.4 is 15.7 Å². The van der Waals surface area contributed by atoms with Crippen molar-refractivity contribution in [3.63, 3.8) is 0 Å². The molecule has 1 N–H and O–H groups in total. The average molecular weight is 485 g/mol. The molecule has 2 aromatic heterocycles. The standard InChI is InChI=1S/C25H28N2O8/c1-26-20-11-16(33-3)5-4-15(20)10-19(25(26)31)18(13-22(29)27-6-8-34-9-7-27)24-23(30)21(28)12-17(35-24)14-32-2/h4-5,10-12,18,30H,6-9,13-14H2,1-3H3. The topological polar surface area (TPSA) is 120 Å². The summed E-state index contributed by atoms with van der Waals surface area (Å²) in [5.41, 5.74) is -0.204. The van der Waals surface area contributed by atoms with Gasteiger partial charge in [0.25, 0.3) is 5.56 Å². The van der Waals surface area contributed by atoms with Crippen LogP contribution in [0.4, 0.5) is 0 Å². The molecule has 0 saturated carbocycles. The Morgan fingerprint density at radius 1 is 1.14 bits per heavy atom. The second-order valence-corrected chi connectivity index (χ2v) is 8.36. The van der Waals surface area contributed by atoms with Gasteiger partial charge in [0.2, 0.25) is 17.1 Å². The van der Waals surface area contributed by atoms with Crippen LogP contribution in [0.1, 0.15) is 29.4 Å². The molecule has 10 nitrogen and oxygen atoms in total. The molecule has 0 bridgehead atoms. The molecule has 1 aliphatic heterocycles. The van der Waals surface area contributed by atoms with E-state index in [1.807, 2.05) is 0 Å². The minimum Gasteiger partial charge on any atom is -0.502 e. The van der Waals surface area contributed by atoms with Gasteiger partial charge in [0.05, 0.1) is 31.8 Å². The zero-order valence-corrected chi connectivity index (χ0v) is 19.9. The van der Waals surface area contributed by atoms with E-state index >= 15 is 0 Å². The number of hydrogen-bond donors (Lipinski definition) is 1. The highest BCUT2D eigenvalue weighted by Crippen LogP contribution is 2.34. The van der Waals surface area contributed by atoms with E-state index in [0.717, 1.165) is 11.5 Å². The third-order valence-electron chi connectivity index (χ3n) is 6.18. The Labute approximate surface area is 201 Å². The van der Waals surface area contributed by atoms with Crippen molar-refractivity contribution in [2.45, 2.75) is 18.9 Å². The molecule has 1 unspecified atom stereocenters. The Balaban J connectivity index is 1.89. The molecule has 1 amide bonds. The first-order chi connectivity index (χ1) is 16.8. The van der Waals surface area contributed by atoms with Crippen molar-refractivity contribution in [2.24, 2.45) is 7.05 Å². The number of rotatable bonds is 7. The van der Waals surface area contributed by atoms with E-state index in [9.17, 15) is 19.5 Å². The highest BCUT2D eigenvalue weighted by molar-refractivity contribution is 5.82. The van der Waals surface area contributed by atoms with Crippen LogP contribution in [0.25, 0.3) is 10.9 Å². The molecule has 1 aliphatic rings. The lowest BCUT2D eigenvalue weighted by molar-refractivity contribution is -0.135. The van der Waals surface area contributed by atoms with Gasteiger partial charge in [0.1, 0.15) is 18.1 Å². The summed E-state index contributed by atoms with van der Waals surface area (Å²) in [6, 6.07) is 8.10. The first-order valence-corrected chi connectivity index (χ1v) is 11.2. The molecule has 3 heterocycles. The number of carbonyl (C=O) groups excluding carboxylic acids is 1. The number of aromatic nitrogens is 1. The molecule has 1 fully saturated rings. The summed E-state index contributed by atoms with van der Waals surface area (Å²) >= 11 is 0. The summed E-state index contributed by atoms with van der Waals surface area (Å²) in [6.45, 7) is 1.66. The third kappa shape index (κ3) is 4.94. The number of ether oxygens (including phenoxy) is 3. The summed E-state index contributed by atoms with van der Waals surface area (Å²) < 4.78 is 23.0. The van der Waals surface area contributed by atoms with E-state index in [2.05, 4.69) is 0 Å². The van der Waals surface area contributed by atoms with Crippen LogP contribution in [-0.4, -0.2) is 61.0 Å². The van der Waals surface area contributed by atoms with Gasteiger partial charge in [-0.05, 0) is 23.6 Å². The maximum atomic E-state index is 13.5. The number of amides is 1. The molecule has 1 aromatic carbocycles. The molecule has 10 heteroatoms. The molecule has 0 aliphatic carbocycles. The number of aryl methyl sites for hydroxylation is 1. The lowest BCUT2D eigenvalue weighted by Gasteiger charge is -2.28. The fourth-order valence-electron chi connectivity index (χ4n) is 4.31. The minimum atomic E-state index is -1.000. The van der Waals surface area contributed by atoms with Crippen molar-refractivity contribution in [1.82, 2.24) is 9.47 Å². The number of aromatic hydroxyl groups is 1. The summed E-state index contributed by atoms with van der Waals surface area (Å²) in [7, 11) is 4.60. The smallest absolute Gasteiger partial charge is 0.254 e. The van der Waals surface area contributed by atoms with Gasteiger partial charge in [-0.25, -0.2) is 0 Å². The normalized spacial score (nSPS) is 14.8. The van der Waals surface area contributed by atoms with Gasteiger partial charge in [0.15, 0.2) is 5.76 Å². The van der Waals surface area contributed by atoms with E-state index in [0.29, 0.717) is 37.6 Å². The van der Waals surface area contributed by atoms with Crippen LogP contribution in [0.5, 0.6) is 11.5 Å². The number of methoxy groups -OCH3 is 2. The lowest BCUT2D eigenvalue weighted by atomic mass is 9.91. The van der Waals surface area contributed by atoms with Crippen molar-refractivity contribution >= 4 is 16.8 Å². The SMILES string of the molecule is COCc1cc(=O)c(O)c(C(CC(=O)N2CCOCC2)c2cc3ccc(OC)cc3n(C)c2=O)o1. The van der Waals surface area contributed by atoms with Gasteiger partial charge >= 0.3 is 0 Å². The molecule has 1 saturated heterocycles. The summed E-state index contributed by atoms with van der Waals surface area (Å²) in [4.78, 5) is 40.9. The Morgan fingerprint density at radius 2 is 1.89 bits per heavy atom. The summed E-state index contributed by atoms with van der Waals surface area (Å²) in [5.74, 6) is -1.25. The second-order valence-electron chi connectivity index (χ2n) is 8.36. The zero-order valence-electron chi connectivity index (χ0n) is 19.9. The van der Waals surface area contributed by atoms with Crippen LogP contribution >= 0.6 is 0 Å². The van der Waals surface area contributed by atoms with E-state index in [1.165, 1.54) is 11.7 Å². The summed E-state index contributed by atoms with van der Waals surface area (Å²) in [5, 5.41) is 11.4. The van der Waals surface area contributed by atoms with Gasteiger partial charge in [0, 0.05) is 51.4 Å². The van der Waals surface area contributed by atoms with Gasteiger partial charge in [-0.2, -0.15) is 0 Å². The predicted molar refractivity (Wildman–Crippen MR) is 127 cm³/mol. The van der Waals surface area contributed by atoms with Crippen molar-refractivity contribution in [3.8, 4) is 11.5 Å². The number of benzene rings is 1. The molecule has 35 heavy (non-hydrogen) atoms. The van der Waals surface area contributed by atoms with E-state index < -0.39 is 17.1 Å². The van der Waals surface area contributed by atoms with Gasteiger partial charge < -0.3 is 33.2 Å². The molecule has 3 aromatic rings. The second kappa shape index (κ2) is 10.3. The average Bonchev–Trinajstić information content (AvgIpc) is 2.87. The Kier molecular flexibility index (Phi) is 7.23. The zero-order chi connectivity index (χ0) is 25.1. The highest BCUT2D eigenvalue weighted by atomic mass is 16.5. The quantitative estimate of drug-likeness (QED) is 0.538. The first-order valence-electron chi connectivity index (χ1n) is 11.2. The van der Waals surface area contributed by atoms with Crippen LogP contribution in [-0.2, 0) is 27.9 Å². The van der Waals surface area contributed by atoms with Gasteiger partial charge in [-0.1, -0.05) is 0 Å². The Bertz CT molecular complexity index is 1350. The van der Waals surface area contributed by atoms with Crippen LogP contribution in [0.3, 0.4) is 0 Å². The first kappa shape index (κ1) is 24.5. The van der Waals surface area contributed by atoms with Crippen molar-refractivity contribution in [3.05, 3.63) is 68.0 Å². The van der Waals surface area contributed by atoms with Gasteiger partial charge in [-0.15, -0.1) is 0 Å². The third-order valence-corrected chi connectivity index (χ3v) is 6.18. The molecule has 4 rings (SSSR count). The molecule has 1 atom stereocenters. The highest BCUT2D eigenvalue weighted by Gasteiger charge is 2.31. The monoisotopic (exact) mass is 484 g/mol. The van der Waals surface area contributed by atoms with E-state index in [4.69, 9.17) is 18.6 Å². The predicted octanol–water partition coefficient (Wildman–Crippen LogP) is 1.73. The fourth-order valence-corrected chi connectivity index (χ4v) is 4.31. The molecular formula is C25H28N2O8. The van der Waals surface area contributed by atoms with Crippen LogP contribution in [0, 0.1) is 0 Å². The fraction of sp³-hybridized carbons (Fsp3) is 0.400. The number of carbonyl (C=O) groups is 1. The Morgan fingerprint density at radius 3 is 2.57 bits per heavy atom. The number of morpholine rings is 1. The maximum absolute atomic E-state index is 13.5. The van der Waals surface area contributed by atoms with Gasteiger partial charge in [-0.3, -0.25) is 14.4 Å². The van der Waals surface area contributed by atoms with E-state index in [-0.39, 0.29) is 41.6 Å². The molecule has 0 spiro atoms. The minimum absolute atomic E-state index is 0.0117. The molecule has 186 valence electrons. The molecular weight excluding hydrogens is 456 g/mol. The maximum Gasteiger partial charge on any atom is 0.254 e. The van der Waals surface area contributed by atoms with E-state index in [1.54, 1.807) is 43.3 Å².